The summed E-state index contributed by atoms with van der Waals surface area (Å²) in [5.41, 5.74) is 0. The van der Waals surface area contributed by atoms with Crippen molar-refractivity contribution in [1.82, 2.24) is 0 Å². The molecule has 0 aliphatic rings. The summed E-state index contributed by atoms with van der Waals surface area (Å²) in [6.07, 6.45) is 0.774. The fourth-order valence-corrected chi connectivity index (χ4v) is 2.51. The summed E-state index contributed by atoms with van der Waals surface area (Å²) in [6, 6.07) is 4.79. The molecule has 0 atom stereocenters. The Morgan fingerprint density at radius 3 is 2.85 bits per heavy atom. The van der Waals surface area contributed by atoms with Crippen molar-refractivity contribution < 1.29 is 9.18 Å². The molecule has 1 heterocycles. The number of thiophene rings is 1. The molecule has 0 amide bonds. The smallest absolute Gasteiger partial charge is 0.160 e. The van der Waals surface area contributed by atoms with Gasteiger partial charge in [0, 0.05) is 4.70 Å². The second kappa shape index (κ2) is 3.20. The van der Waals surface area contributed by atoms with Crippen molar-refractivity contribution in [3.63, 3.8) is 0 Å². The van der Waals surface area contributed by atoms with Crippen LogP contribution in [0.4, 0.5) is 4.39 Å². The van der Waals surface area contributed by atoms with Crippen molar-refractivity contribution in [2.75, 3.05) is 0 Å². The van der Waals surface area contributed by atoms with Crippen molar-refractivity contribution in [1.29, 1.82) is 0 Å². The van der Waals surface area contributed by atoms with E-state index in [1.54, 1.807) is 12.1 Å². The van der Waals surface area contributed by atoms with Crippen LogP contribution in [0, 0.1) is 5.82 Å². The Morgan fingerprint density at radius 1 is 1.38 bits per heavy atom. The van der Waals surface area contributed by atoms with E-state index in [1.165, 1.54) is 17.4 Å². The molecule has 0 fully saturated rings. The van der Waals surface area contributed by atoms with Gasteiger partial charge in [0.15, 0.2) is 6.29 Å². The van der Waals surface area contributed by atoms with E-state index >= 15 is 0 Å². The molecule has 0 saturated carbocycles. The number of hydrogen-bond acceptors (Lipinski definition) is 2. The number of rotatable bonds is 1. The molecule has 0 saturated heterocycles. The van der Waals surface area contributed by atoms with Crippen LogP contribution >= 0.6 is 27.3 Å². The third kappa shape index (κ3) is 1.51. The molecule has 0 radical (unpaired) electrons. The zero-order valence-corrected chi connectivity index (χ0v) is 8.78. The predicted octanol–water partition coefficient (Wildman–Crippen LogP) is 3.62. The lowest BCUT2D eigenvalue weighted by Gasteiger charge is -1.92. The van der Waals surface area contributed by atoms with Crippen LogP contribution in [0.1, 0.15) is 9.67 Å². The lowest BCUT2D eigenvalue weighted by molar-refractivity contribution is 0.112. The summed E-state index contributed by atoms with van der Waals surface area (Å²) in [7, 11) is 0. The summed E-state index contributed by atoms with van der Waals surface area (Å²) in [5.74, 6) is -0.303. The van der Waals surface area contributed by atoms with Gasteiger partial charge in [-0.15, -0.1) is 11.3 Å². The largest absolute Gasteiger partial charge is 0.297 e. The molecule has 66 valence electrons. The van der Waals surface area contributed by atoms with Gasteiger partial charge in [-0.25, -0.2) is 4.39 Å². The molecular weight excluding hydrogens is 255 g/mol. The Kier molecular flexibility index (Phi) is 2.17. The van der Waals surface area contributed by atoms with E-state index in [-0.39, 0.29) is 5.82 Å². The van der Waals surface area contributed by atoms with Crippen molar-refractivity contribution in [3.8, 4) is 0 Å². The fourth-order valence-electron chi connectivity index (χ4n) is 1.11. The SMILES string of the molecule is O=Cc1cc2cc(F)c(Br)cc2s1. The summed E-state index contributed by atoms with van der Waals surface area (Å²) >= 11 is 4.45. The minimum Gasteiger partial charge on any atom is -0.297 e. The van der Waals surface area contributed by atoms with Crippen molar-refractivity contribution in [2.45, 2.75) is 0 Å². The van der Waals surface area contributed by atoms with Gasteiger partial charge in [-0.2, -0.15) is 0 Å². The average molecular weight is 259 g/mol. The maximum Gasteiger partial charge on any atom is 0.160 e. The van der Waals surface area contributed by atoms with Crippen LogP contribution in [0.3, 0.4) is 0 Å². The molecule has 0 spiro atoms. The number of carbonyl (C=O) groups excluding carboxylic acids is 1. The van der Waals surface area contributed by atoms with Crippen LogP contribution in [0.15, 0.2) is 22.7 Å². The molecule has 0 aliphatic carbocycles. The molecule has 2 aromatic rings. The van der Waals surface area contributed by atoms with Gasteiger partial charge in [0.05, 0.1) is 9.35 Å². The van der Waals surface area contributed by atoms with Gasteiger partial charge in [-0.05, 0) is 39.5 Å². The van der Waals surface area contributed by atoms with Crippen LogP contribution in [0.25, 0.3) is 10.1 Å². The van der Waals surface area contributed by atoms with E-state index < -0.39 is 0 Å². The molecule has 0 aliphatic heterocycles. The molecule has 1 nitrogen and oxygen atoms in total. The van der Waals surface area contributed by atoms with Gasteiger partial charge in [0.2, 0.25) is 0 Å². The number of hydrogen-bond donors (Lipinski definition) is 0. The molecular formula is C9H4BrFOS. The van der Waals surface area contributed by atoms with Crippen molar-refractivity contribution >= 4 is 43.6 Å². The van der Waals surface area contributed by atoms with Gasteiger partial charge in [-0.1, -0.05) is 0 Å². The molecule has 0 N–H and O–H groups in total. The Hall–Kier alpha value is -0.740. The van der Waals surface area contributed by atoms with E-state index in [0.717, 1.165) is 16.4 Å². The first-order chi connectivity index (χ1) is 6.20. The second-order valence-electron chi connectivity index (χ2n) is 2.57. The Labute approximate surface area is 86.3 Å². The molecule has 4 heteroatoms. The molecule has 1 aromatic carbocycles. The van der Waals surface area contributed by atoms with E-state index in [1.807, 2.05) is 0 Å². The number of fused-ring (bicyclic) bond motifs is 1. The van der Waals surface area contributed by atoms with Gasteiger partial charge in [-0.3, -0.25) is 4.79 Å². The second-order valence-corrected chi connectivity index (χ2v) is 4.54. The fraction of sp³-hybridized carbons (Fsp3) is 0. The number of carbonyl (C=O) groups is 1. The van der Waals surface area contributed by atoms with Crippen LogP contribution < -0.4 is 0 Å². The molecule has 2 rings (SSSR count). The predicted molar refractivity (Wildman–Crippen MR) is 54.9 cm³/mol. The zero-order valence-electron chi connectivity index (χ0n) is 6.38. The van der Waals surface area contributed by atoms with Gasteiger partial charge in [0.25, 0.3) is 0 Å². The van der Waals surface area contributed by atoms with Gasteiger partial charge >= 0.3 is 0 Å². The normalized spacial score (nSPS) is 10.6. The number of halogens is 2. The number of aldehydes is 1. The monoisotopic (exact) mass is 258 g/mol. The van der Waals surface area contributed by atoms with Crippen LogP contribution in [-0.4, -0.2) is 6.29 Å². The standard InChI is InChI=1S/C9H4BrFOS/c10-7-3-9-5(2-8(7)11)1-6(4-12)13-9/h1-4H. The minimum atomic E-state index is -0.303. The third-order valence-electron chi connectivity index (χ3n) is 1.69. The lowest BCUT2D eigenvalue weighted by Crippen LogP contribution is -1.74. The van der Waals surface area contributed by atoms with Crippen LogP contribution in [-0.2, 0) is 0 Å². The Balaban J connectivity index is 2.77. The first-order valence-electron chi connectivity index (χ1n) is 3.54. The van der Waals surface area contributed by atoms with E-state index in [4.69, 9.17) is 0 Å². The topological polar surface area (TPSA) is 17.1 Å². The maximum absolute atomic E-state index is 13.0. The first-order valence-corrected chi connectivity index (χ1v) is 5.15. The van der Waals surface area contributed by atoms with E-state index in [9.17, 15) is 9.18 Å². The summed E-state index contributed by atoms with van der Waals surface area (Å²) < 4.78 is 14.4. The summed E-state index contributed by atoms with van der Waals surface area (Å²) in [5, 5.41) is 0.771. The third-order valence-corrected chi connectivity index (χ3v) is 3.33. The highest BCUT2D eigenvalue weighted by molar-refractivity contribution is 9.10. The van der Waals surface area contributed by atoms with Crippen molar-refractivity contribution in [2.24, 2.45) is 0 Å². The summed E-state index contributed by atoms with van der Waals surface area (Å²) in [6.45, 7) is 0. The average Bonchev–Trinajstić information content (AvgIpc) is 2.48. The Morgan fingerprint density at radius 2 is 2.15 bits per heavy atom. The van der Waals surface area contributed by atoms with Crippen LogP contribution in [0.5, 0.6) is 0 Å². The molecule has 1 aromatic heterocycles. The minimum absolute atomic E-state index is 0.303. The van der Waals surface area contributed by atoms with Crippen LogP contribution in [0.2, 0.25) is 0 Å². The van der Waals surface area contributed by atoms with Crippen molar-refractivity contribution in [3.05, 3.63) is 33.4 Å². The summed E-state index contributed by atoms with van der Waals surface area (Å²) in [4.78, 5) is 11.1. The highest BCUT2D eigenvalue weighted by atomic mass is 79.9. The van der Waals surface area contributed by atoms with Gasteiger partial charge in [0.1, 0.15) is 5.82 Å². The molecule has 0 bridgehead atoms. The highest BCUT2D eigenvalue weighted by Crippen LogP contribution is 2.29. The highest BCUT2D eigenvalue weighted by Gasteiger charge is 2.05. The quantitative estimate of drug-likeness (QED) is 0.715. The maximum atomic E-state index is 13.0. The Bertz CT molecular complexity index is 439. The van der Waals surface area contributed by atoms with Gasteiger partial charge < -0.3 is 0 Å². The van der Waals surface area contributed by atoms with E-state index in [0.29, 0.717) is 9.35 Å². The molecule has 13 heavy (non-hydrogen) atoms. The zero-order chi connectivity index (χ0) is 9.42. The number of benzene rings is 1. The molecule has 0 unspecified atom stereocenters. The van der Waals surface area contributed by atoms with E-state index in [2.05, 4.69) is 15.9 Å². The lowest BCUT2D eigenvalue weighted by atomic mass is 10.2. The first kappa shape index (κ1) is 8.84.